The van der Waals surface area contributed by atoms with Crippen LogP contribution in [0.1, 0.15) is 30.8 Å². The Bertz CT molecular complexity index is 870. The van der Waals surface area contributed by atoms with E-state index in [9.17, 15) is 13.2 Å². The first kappa shape index (κ1) is 20.4. The Balaban J connectivity index is 2.32. The van der Waals surface area contributed by atoms with Gasteiger partial charge in [-0.3, -0.25) is 4.79 Å². The molecule has 2 rings (SSSR count). The van der Waals surface area contributed by atoms with Crippen LogP contribution in [0.3, 0.4) is 0 Å². The first-order valence-electron chi connectivity index (χ1n) is 8.73. The van der Waals surface area contributed by atoms with E-state index in [1.165, 1.54) is 4.31 Å². The molecule has 1 amide bonds. The Hall–Kier alpha value is -1.90. The summed E-state index contributed by atoms with van der Waals surface area (Å²) in [6.07, 6.45) is 0.735. The fourth-order valence-electron chi connectivity index (χ4n) is 2.93. The Morgan fingerprint density at radius 3 is 2.54 bits per heavy atom. The molecule has 0 bridgehead atoms. The van der Waals surface area contributed by atoms with Crippen LogP contribution in [-0.2, 0) is 21.8 Å². The molecular formula is C18H27N3O4S. The highest BCUT2D eigenvalue weighted by Gasteiger charge is 2.23. The van der Waals surface area contributed by atoms with Crippen molar-refractivity contribution in [3.8, 4) is 0 Å². The lowest BCUT2D eigenvalue weighted by Crippen LogP contribution is -2.30. The quantitative estimate of drug-likeness (QED) is 0.674. The maximum atomic E-state index is 12.7. The molecule has 0 atom stereocenters. The second-order valence-corrected chi connectivity index (χ2v) is 7.94. The van der Waals surface area contributed by atoms with Gasteiger partial charge in [0, 0.05) is 51.3 Å². The van der Waals surface area contributed by atoms with Gasteiger partial charge in [0.15, 0.2) is 0 Å². The van der Waals surface area contributed by atoms with Gasteiger partial charge in [-0.2, -0.15) is 4.31 Å². The van der Waals surface area contributed by atoms with Gasteiger partial charge in [-0.25, -0.2) is 8.42 Å². The standard InChI is InChI=1S/C18H27N3O4S/c1-5-21(6-2)26(23,24)15-8-9-16-14(12-15)13-17(20(16)3)18(22)19-10-7-11-25-4/h8-9,12-13H,5-7,10-11H2,1-4H3,(H,19,22). The number of aryl methyl sites for hydroxylation is 1. The molecule has 0 saturated heterocycles. The number of nitrogens with one attached hydrogen (secondary N) is 1. The van der Waals surface area contributed by atoms with Crippen LogP contribution < -0.4 is 5.32 Å². The van der Waals surface area contributed by atoms with Crippen molar-refractivity contribution >= 4 is 26.8 Å². The van der Waals surface area contributed by atoms with Gasteiger partial charge >= 0.3 is 0 Å². The second-order valence-electron chi connectivity index (χ2n) is 6.00. The van der Waals surface area contributed by atoms with Crippen LogP contribution in [0.25, 0.3) is 10.9 Å². The summed E-state index contributed by atoms with van der Waals surface area (Å²) in [5.41, 5.74) is 1.31. The van der Waals surface area contributed by atoms with Crippen LogP contribution in [0, 0.1) is 0 Å². The van der Waals surface area contributed by atoms with E-state index in [-0.39, 0.29) is 10.8 Å². The molecule has 26 heavy (non-hydrogen) atoms. The largest absolute Gasteiger partial charge is 0.385 e. The van der Waals surface area contributed by atoms with Crippen molar-refractivity contribution < 1.29 is 17.9 Å². The van der Waals surface area contributed by atoms with Crippen molar-refractivity contribution in [2.45, 2.75) is 25.2 Å². The molecule has 0 aliphatic rings. The predicted molar refractivity (Wildman–Crippen MR) is 102 cm³/mol. The molecule has 2 aromatic rings. The van der Waals surface area contributed by atoms with Gasteiger partial charge in [0.25, 0.3) is 5.91 Å². The van der Waals surface area contributed by atoms with E-state index >= 15 is 0 Å². The third kappa shape index (κ3) is 4.08. The summed E-state index contributed by atoms with van der Waals surface area (Å²) in [5, 5.41) is 3.58. The fraction of sp³-hybridized carbons (Fsp3) is 0.500. The minimum atomic E-state index is -3.53. The number of carbonyl (C=O) groups excluding carboxylic acids is 1. The van der Waals surface area contributed by atoms with Crippen LogP contribution in [0.5, 0.6) is 0 Å². The molecule has 1 heterocycles. The van der Waals surface area contributed by atoms with Crippen molar-refractivity contribution in [2.75, 3.05) is 33.4 Å². The van der Waals surface area contributed by atoms with E-state index in [1.54, 1.807) is 43.0 Å². The average molecular weight is 381 g/mol. The summed E-state index contributed by atoms with van der Waals surface area (Å²) in [6.45, 7) is 5.57. The molecule has 0 radical (unpaired) electrons. The highest BCUT2D eigenvalue weighted by Crippen LogP contribution is 2.24. The van der Waals surface area contributed by atoms with Gasteiger partial charge in [-0.15, -0.1) is 0 Å². The lowest BCUT2D eigenvalue weighted by Gasteiger charge is -2.18. The van der Waals surface area contributed by atoms with E-state index in [0.29, 0.717) is 31.9 Å². The lowest BCUT2D eigenvalue weighted by atomic mass is 10.2. The van der Waals surface area contributed by atoms with Crippen LogP contribution in [-0.4, -0.2) is 56.5 Å². The third-order valence-electron chi connectivity index (χ3n) is 4.40. The number of benzene rings is 1. The van der Waals surface area contributed by atoms with Gasteiger partial charge in [-0.1, -0.05) is 13.8 Å². The number of hydrogen-bond acceptors (Lipinski definition) is 4. The number of nitrogens with zero attached hydrogens (tertiary/aromatic N) is 2. The molecule has 0 fully saturated rings. The monoisotopic (exact) mass is 381 g/mol. The van der Waals surface area contributed by atoms with Gasteiger partial charge in [0.2, 0.25) is 10.0 Å². The van der Waals surface area contributed by atoms with E-state index < -0.39 is 10.0 Å². The summed E-state index contributed by atoms with van der Waals surface area (Å²) in [7, 11) is -0.110. The Labute approximate surface area is 155 Å². The molecule has 0 unspecified atom stereocenters. The number of sulfonamides is 1. The zero-order chi connectivity index (χ0) is 19.3. The molecule has 144 valence electrons. The highest BCUT2D eigenvalue weighted by atomic mass is 32.2. The van der Waals surface area contributed by atoms with Gasteiger partial charge < -0.3 is 14.6 Å². The van der Waals surface area contributed by atoms with Crippen LogP contribution in [0.4, 0.5) is 0 Å². The van der Waals surface area contributed by atoms with E-state index in [0.717, 1.165) is 17.3 Å². The minimum Gasteiger partial charge on any atom is -0.385 e. The normalized spacial score (nSPS) is 12.0. The number of amides is 1. The SMILES string of the molecule is CCN(CC)S(=O)(=O)c1ccc2c(c1)cc(C(=O)NCCCOC)n2C. The number of methoxy groups -OCH3 is 1. The zero-order valence-electron chi connectivity index (χ0n) is 15.8. The molecule has 0 aliphatic heterocycles. The van der Waals surface area contributed by atoms with Gasteiger partial charge in [-0.05, 0) is 30.7 Å². The van der Waals surface area contributed by atoms with Crippen molar-refractivity contribution in [3.63, 3.8) is 0 Å². The summed E-state index contributed by atoms with van der Waals surface area (Å²) >= 11 is 0. The number of rotatable bonds is 9. The first-order valence-corrected chi connectivity index (χ1v) is 10.2. The molecule has 0 saturated carbocycles. The van der Waals surface area contributed by atoms with Gasteiger partial charge in [0.1, 0.15) is 5.69 Å². The van der Waals surface area contributed by atoms with Crippen molar-refractivity contribution in [1.29, 1.82) is 0 Å². The summed E-state index contributed by atoms with van der Waals surface area (Å²) in [4.78, 5) is 12.6. The molecule has 1 N–H and O–H groups in total. The van der Waals surface area contributed by atoms with Crippen molar-refractivity contribution in [2.24, 2.45) is 7.05 Å². The number of carbonyl (C=O) groups is 1. The van der Waals surface area contributed by atoms with E-state index in [2.05, 4.69) is 5.32 Å². The van der Waals surface area contributed by atoms with Gasteiger partial charge in [0.05, 0.1) is 4.90 Å². The predicted octanol–water partition coefficient (Wildman–Crippen LogP) is 1.98. The second kappa shape index (κ2) is 8.66. The average Bonchev–Trinajstić information content (AvgIpc) is 2.96. The maximum absolute atomic E-state index is 12.7. The Kier molecular flexibility index (Phi) is 6.80. The topological polar surface area (TPSA) is 80.6 Å². The molecule has 0 spiro atoms. The summed E-state index contributed by atoms with van der Waals surface area (Å²) in [6, 6.07) is 6.69. The maximum Gasteiger partial charge on any atom is 0.267 e. The van der Waals surface area contributed by atoms with E-state index in [1.807, 2.05) is 13.8 Å². The molecule has 8 heteroatoms. The minimum absolute atomic E-state index is 0.187. The highest BCUT2D eigenvalue weighted by molar-refractivity contribution is 7.89. The smallest absolute Gasteiger partial charge is 0.267 e. The number of aromatic nitrogens is 1. The van der Waals surface area contributed by atoms with Crippen LogP contribution >= 0.6 is 0 Å². The van der Waals surface area contributed by atoms with E-state index in [4.69, 9.17) is 4.74 Å². The van der Waals surface area contributed by atoms with Crippen molar-refractivity contribution in [1.82, 2.24) is 14.2 Å². The fourth-order valence-corrected chi connectivity index (χ4v) is 4.42. The molecule has 1 aromatic heterocycles. The van der Waals surface area contributed by atoms with Crippen molar-refractivity contribution in [3.05, 3.63) is 30.0 Å². The third-order valence-corrected chi connectivity index (χ3v) is 6.45. The Morgan fingerprint density at radius 2 is 1.92 bits per heavy atom. The number of ether oxygens (including phenoxy) is 1. The van der Waals surface area contributed by atoms with Crippen LogP contribution in [0.15, 0.2) is 29.2 Å². The Morgan fingerprint density at radius 1 is 1.23 bits per heavy atom. The number of hydrogen-bond donors (Lipinski definition) is 1. The number of fused-ring (bicyclic) bond motifs is 1. The summed E-state index contributed by atoms with van der Waals surface area (Å²) in [5.74, 6) is -0.187. The molecule has 0 aliphatic carbocycles. The van der Waals surface area contributed by atoms with Crippen LogP contribution in [0.2, 0.25) is 0 Å². The lowest BCUT2D eigenvalue weighted by molar-refractivity contribution is 0.0941. The first-order chi connectivity index (χ1) is 12.4. The summed E-state index contributed by atoms with van der Waals surface area (Å²) < 4.78 is 33.5. The molecular weight excluding hydrogens is 354 g/mol. The zero-order valence-corrected chi connectivity index (χ0v) is 16.6. The molecule has 1 aromatic carbocycles. The molecule has 7 nitrogen and oxygen atoms in total.